The van der Waals surface area contributed by atoms with Gasteiger partial charge in [-0.1, -0.05) is 24.6 Å². The van der Waals surface area contributed by atoms with E-state index in [1.807, 2.05) is 49.4 Å². The average Bonchev–Trinajstić information content (AvgIpc) is 3.13. The highest BCUT2D eigenvalue weighted by Gasteiger charge is 2.52. The number of carbonyl (C=O) groups is 1. The molecule has 2 heterocycles. The van der Waals surface area contributed by atoms with Gasteiger partial charge in [0.2, 0.25) is 5.91 Å². The first-order valence-electron chi connectivity index (χ1n) is 12.6. The predicted molar refractivity (Wildman–Crippen MR) is 138 cm³/mol. The molecule has 7 nitrogen and oxygen atoms in total. The summed E-state index contributed by atoms with van der Waals surface area (Å²) >= 11 is 0. The van der Waals surface area contributed by atoms with Gasteiger partial charge in [-0.2, -0.15) is 0 Å². The van der Waals surface area contributed by atoms with Gasteiger partial charge in [-0.15, -0.1) is 0 Å². The molecule has 1 aliphatic carbocycles. The normalized spacial score (nSPS) is 19.6. The molecule has 1 saturated carbocycles. The maximum atomic E-state index is 13.0. The topological polar surface area (TPSA) is 86.7 Å². The summed E-state index contributed by atoms with van der Waals surface area (Å²) in [6.45, 7) is 4.38. The number of piperidine rings is 1. The summed E-state index contributed by atoms with van der Waals surface area (Å²) in [5.74, 6) is 1.25. The lowest BCUT2D eigenvalue weighted by molar-refractivity contribution is -0.123. The van der Waals surface area contributed by atoms with E-state index >= 15 is 0 Å². The quantitative estimate of drug-likeness (QED) is 0.375. The Morgan fingerprint density at radius 3 is 2.63 bits per heavy atom. The van der Waals surface area contributed by atoms with Crippen LogP contribution in [0.2, 0.25) is 0 Å². The second-order valence-electron chi connectivity index (χ2n) is 9.75. The number of hydrogen-bond donors (Lipinski definition) is 3. The Morgan fingerprint density at radius 2 is 1.97 bits per heavy atom. The van der Waals surface area contributed by atoms with E-state index in [0.717, 1.165) is 67.7 Å². The number of ether oxygens (including phenoxy) is 2. The van der Waals surface area contributed by atoms with Crippen LogP contribution in [-0.4, -0.2) is 49.4 Å². The highest BCUT2D eigenvalue weighted by Crippen LogP contribution is 2.54. The number of rotatable bonds is 8. The van der Waals surface area contributed by atoms with E-state index in [4.69, 9.17) is 14.9 Å². The zero-order valence-electron chi connectivity index (χ0n) is 20.5. The van der Waals surface area contributed by atoms with E-state index in [9.17, 15) is 4.79 Å². The van der Waals surface area contributed by atoms with Gasteiger partial charge < -0.3 is 30.4 Å². The van der Waals surface area contributed by atoms with E-state index in [1.165, 1.54) is 0 Å². The number of para-hydroxylation sites is 1. The lowest BCUT2D eigenvalue weighted by atomic mass is 9.65. The second-order valence-corrected chi connectivity index (χ2v) is 9.75. The molecule has 2 fully saturated rings. The molecule has 2 aromatic rings. The number of nitrogens with one attached hydrogen (secondary N) is 3. The second kappa shape index (κ2) is 9.74. The molecular weight excluding hydrogens is 440 g/mol. The summed E-state index contributed by atoms with van der Waals surface area (Å²) in [6.07, 6.45) is 6.41. The van der Waals surface area contributed by atoms with E-state index in [1.54, 1.807) is 6.08 Å². The van der Waals surface area contributed by atoms with Gasteiger partial charge in [-0.3, -0.25) is 4.79 Å². The molecule has 1 amide bonds. The van der Waals surface area contributed by atoms with Gasteiger partial charge in [0.15, 0.2) is 5.88 Å². The monoisotopic (exact) mass is 474 g/mol. The Bertz CT molecular complexity index is 1130. The van der Waals surface area contributed by atoms with Gasteiger partial charge in [0.05, 0.1) is 23.4 Å². The van der Waals surface area contributed by atoms with Gasteiger partial charge >= 0.3 is 0 Å². The number of benzene rings is 2. The van der Waals surface area contributed by atoms with Crippen molar-refractivity contribution in [2.24, 2.45) is 0 Å². The minimum atomic E-state index is -0.481. The third kappa shape index (κ3) is 4.65. The van der Waals surface area contributed by atoms with Gasteiger partial charge in [-0.25, -0.2) is 0 Å². The third-order valence-electron chi connectivity index (χ3n) is 7.38. The van der Waals surface area contributed by atoms with Crippen molar-refractivity contribution in [1.29, 1.82) is 5.41 Å². The molecule has 184 valence electrons. The summed E-state index contributed by atoms with van der Waals surface area (Å²) in [4.78, 5) is 15.3. The standard InChI is InChI=1S/C28H34N4O3/c1-3-34-25(30-20-8-5-4-6-9-20)18-23(29)19-16-22-26(31-27(33)28(22)12-7-13-28)24(17-19)35-21-10-14-32(2)15-11-21/h4-6,8-9,16-18,21,29-30H,3,7,10-15H2,1-2H3,(H,31,33)/b25-18+,29-23?. The van der Waals surface area contributed by atoms with Crippen molar-refractivity contribution in [3.63, 3.8) is 0 Å². The van der Waals surface area contributed by atoms with Crippen LogP contribution in [0.1, 0.15) is 50.2 Å². The smallest absolute Gasteiger partial charge is 0.235 e. The first kappa shape index (κ1) is 23.4. The van der Waals surface area contributed by atoms with Crippen molar-refractivity contribution in [3.8, 4) is 5.75 Å². The van der Waals surface area contributed by atoms with Crippen LogP contribution in [0.3, 0.4) is 0 Å². The van der Waals surface area contributed by atoms with Gasteiger partial charge in [0, 0.05) is 30.4 Å². The number of hydrogen-bond acceptors (Lipinski definition) is 6. The number of anilines is 2. The summed E-state index contributed by atoms with van der Waals surface area (Å²) in [7, 11) is 2.13. The maximum Gasteiger partial charge on any atom is 0.235 e. The Balaban J connectivity index is 1.47. The van der Waals surface area contributed by atoms with Crippen molar-refractivity contribution < 1.29 is 14.3 Å². The number of fused-ring (bicyclic) bond motifs is 2. The summed E-state index contributed by atoms with van der Waals surface area (Å²) in [6, 6.07) is 13.7. The van der Waals surface area contributed by atoms with Crippen molar-refractivity contribution in [1.82, 2.24) is 4.90 Å². The fourth-order valence-corrected chi connectivity index (χ4v) is 5.18. The van der Waals surface area contributed by atoms with Crippen LogP contribution < -0.4 is 15.4 Å². The van der Waals surface area contributed by atoms with Crippen LogP contribution in [0.5, 0.6) is 5.75 Å². The molecule has 1 spiro atoms. The van der Waals surface area contributed by atoms with Gasteiger partial charge in [-0.05, 0) is 69.5 Å². The maximum absolute atomic E-state index is 13.0. The predicted octanol–water partition coefficient (Wildman–Crippen LogP) is 4.89. The van der Waals surface area contributed by atoms with Crippen molar-refractivity contribution in [2.45, 2.75) is 50.5 Å². The van der Waals surface area contributed by atoms with Crippen LogP contribution in [0.4, 0.5) is 11.4 Å². The zero-order valence-corrected chi connectivity index (χ0v) is 20.5. The molecule has 2 aromatic carbocycles. The lowest BCUT2D eigenvalue weighted by Crippen LogP contribution is -2.40. The molecule has 3 aliphatic rings. The molecule has 0 aromatic heterocycles. The molecule has 1 saturated heterocycles. The Morgan fingerprint density at radius 1 is 1.23 bits per heavy atom. The van der Waals surface area contributed by atoms with E-state index in [-0.39, 0.29) is 12.0 Å². The molecule has 3 N–H and O–H groups in total. The van der Waals surface area contributed by atoms with E-state index in [0.29, 0.717) is 24.0 Å². The summed E-state index contributed by atoms with van der Waals surface area (Å²) in [5, 5.41) is 15.3. The van der Waals surface area contributed by atoms with Crippen LogP contribution >= 0.6 is 0 Å². The Hall–Kier alpha value is -3.32. The molecule has 0 atom stereocenters. The Kier molecular flexibility index (Phi) is 6.52. The molecule has 0 unspecified atom stereocenters. The summed E-state index contributed by atoms with van der Waals surface area (Å²) in [5.41, 5.74) is 3.21. The first-order valence-corrected chi connectivity index (χ1v) is 12.6. The van der Waals surface area contributed by atoms with E-state index in [2.05, 4.69) is 22.6 Å². The SMILES string of the molecule is CCO/C(=C/C(=N)c1cc(OC2CCN(C)CC2)c2c(c1)C1(CCC1)C(=O)N2)Nc1ccccc1. The highest BCUT2D eigenvalue weighted by atomic mass is 16.5. The van der Waals surface area contributed by atoms with Crippen LogP contribution in [0, 0.1) is 5.41 Å². The minimum Gasteiger partial charge on any atom is -0.488 e. The van der Waals surface area contributed by atoms with Crippen molar-refractivity contribution >= 4 is 23.0 Å². The lowest BCUT2D eigenvalue weighted by Gasteiger charge is -2.36. The number of amides is 1. The fourth-order valence-electron chi connectivity index (χ4n) is 5.18. The number of carbonyl (C=O) groups excluding carboxylic acids is 1. The third-order valence-corrected chi connectivity index (χ3v) is 7.38. The largest absolute Gasteiger partial charge is 0.488 e. The van der Waals surface area contributed by atoms with Crippen LogP contribution in [0.15, 0.2) is 54.4 Å². The Labute approximate surface area is 207 Å². The number of nitrogens with zero attached hydrogens (tertiary/aromatic N) is 1. The first-order chi connectivity index (χ1) is 17.0. The van der Waals surface area contributed by atoms with Crippen LogP contribution in [-0.2, 0) is 14.9 Å². The molecular formula is C28H34N4O3. The van der Waals surface area contributed by atoms with E-state index < -0.39 is 5.41 Å². The molecule has 35 heavy (non-hydrogen) atoms. The van der Waals surface area contributed by atoms with Crippen molar-refractivity contribution in [2.75, 3.05) is 37.4 Å². The number of allylic oxidation sites excluding steroid dienone is 1. The minimum absolute atomic E-state index is 0.0620. The van der Waals surface area contributed by atoms with Crippen LogP contribution in [0.25, 0.3) is 0 Å². The summed E-state index contributed by atoms with van der Waals surface area (Å²) < 4.78 is 12.3. The average molecular weight is 475 g/mol. The van der Waals surface area contributed by atoms with Gasteiger partial charge in [0.25, 0.3) is 0 Å². The molecule has 5 rings (SSSR count). The van der Waals surface area contributed by atoms with Crippen molar-refractivity contribution in [3.05, 3.63) is 65.6 Å². The fraction of sp³-hybridized carbons (Fsp3) is 0.429. The van der Waals surface area contributed by atoms with Gasteiger partial charge in [0.1, 0.15) is 11.9 Å². The molecule has 7 heteroatoms. The molecule has 0 bridgehead atoms. The zero-order chi connectivity index (χ0) is 24.4. The number of likely N-dealkylation sites (tertiary alicyclic amines) is 1. The molecule has 2 aliphatic heterocycles. The molecule has 0 radical (unpaired) electrons. The highest BCUT2D eigenvalue weighted by molar-refractivity contribution is 6.12.